The smallest absolute Gasteiger partial charge is 0.350 e. The van der Waals surface area contributed by atoms with Crippen molar-refractivity contribution in [3.05, 3.63) is 46.5 Å². The van der Waals surface area contributed by atoms with E-state index in [-0.39, 0.29) is 17.8 Å². The fourth-order valence-corrected chi connectivity index (χ4v) is 4.25. The summed E-state index contributed by atoms with van der Waals surface area (Å²) in [6.45, 7) is 4.35. The van der Waals surface area contributed by atoms with Gasteiger partial charge in [-0.3, -0.25) is 9.69 Å². The predicted molar refractivity (Wildman–Crippen MR) is 102 cm³/mol. The molecule has 1 saturated carbocycles. The summed E-state index contributed by atoms with van der Waals surface area (Å²) in [6.07, 6.45) is 4.06. The van der Waals surface area contributed by atoms with Crippen molar-refractivity contribution in [3.63, 3.8) is 0 Å². The van der Waals surface area contributed by atoms with Crippen LogP contribution in [0.1, 0.15) is 53.5 Å². The standard InChI is InChI=1S/C20H24N2O3S/c1-3-25-19(24)17-14(2)21-20(26-17)22(13-15-9-5-4-6-10-15)18(23)16-11-7-8-12-16/h4-6,9-10,16H,3,7-8,11-13H2,1-2H3. The van der Waals surface area contributed by atoms with Gasteiger partial charge in [-0.2, -0.15) is 0 Å². The van der Waals surface area contributed by atoms with E-state index in [9.17, 15) is 9.59 Å². The predicted octanol–water partition coefficient (Wildman–Crippen LogP) is 4.35. The van der Waals surface area contributed by atoms with Crippen molar-refractivity contribution in [3.8, 4) is 0 Å². The van der Waals surface area contributed by atoms with Crippen LogP contribution in [0.3, 0.4) is 0 Å². The van der Waals surface area contributed by atoms with Crippen LogP contribution in [0.2, 0.25) is 0 Å². The van der Waals surface area contributed by atoms with Gasteiger partial charge in [-0.05, 0) is 32.3 Å². The maximum atomic E-state index is 13.1. The van der Waals surface area contributed by atoms with Crippen molar-refractivity contribution in [2.45, 2.75) is 46.1 Å². The molecule has 1 aliphatic rings. The summed E-state index contributed by atoms with van der Waals surface area (Å²) >= 11 is 1.24. The van der Waals surface area contributed by atoms with E-state index in [4.69, 9.17) is 4.74 Å². The highest BCUT2D eigenvalue weighted by Gasteiger charge is 2.31. The Kier molecular flexibility index (Phi) is 6.04. The first-order valence-electron chi connectivity index (χ1n) is 9.10. The second-order valence-corrected chi connectivity index (χ2v) is 7.50. The van der Waals surface area contributed by atoms with E-state index in [0.29, 0.717) is 28.9 Å². The Hall–Kier alpha value is -2.21. The van der Waals surface area contributed by atoms with Crippen molar-refractivity contribution < 1.29 is 14.3 Å². The third-order valence-electron chi connectivity index (χ3n) is 4.63. The topological polar surface area (TPSA) is 59.5 Å². The number of rotatable bonds is 6. The Morgan fingerprint density at radius 1 is 1.23 bits per heavy atom. The molecule has 1 heterocycles. The average Bonchev–Trinajstić information content (AvgIpc) is 3.30. The molecule has 1 aliphatic carbocycles. The van der Waals surface area contributed by atoms with Gasteiger partial charge in [-0.1, -0.05) is 54.5 Å². The van der Waals surface area contributed by atoms with Crippen LogP contribution in [0, 0.1) is 12.8 Å². The molecule has 26 heavy (non-hydrogen) atoms. The van der Waals surface area contributed by atoms with Crippen LogP contribution in [0.5, 0.6) is 0 Å². The number of nitrogens with zero attached hydrogens (tertiary/aromatic N) is 2. The number of anilines is 1. The molecule has 0 unspecified atom stereocenters. The number of carbonyl (C=O) groups excluding carboxylic acids is 2. The molecule has 2 aromatic rings. The number of aromatic nitrogens is 1. The molecule has 0 atom stereocenters. The largest absolute Gasteiger partial charge is 0.462 e. The molecule has 0 bridgehead atoms. The molecule has 6 heteroatoms. The van der Waals surface area contributed by atoms with Gasteiger partial charge in [0.2, 0.25) is 5.91 Å². The Labute approximate surface area is 158 Å². The Morgan fingerprint density at radius 2 is 1.92 bits per heavy atom. The summed E-state index contributed by atoms with van der Waals surface area (Å²) in [5.74, 6) is -0.216. The molecule has 0 aliphatic heterocycles. The zero-order valence-corrected chi connectivity index (χ0v) is 16.1. The lowest BCUT2D eigenvalue weighted by Gasteiger charge is -2.23. The lowest BCUT2D eigenvalue weighted by Crippen LogP contribution is -2.34. The number of aryl methyl sites for hydroxylation is 1. The summed E-state index contributed by atoms with van der Waals surface area (Å²) in [5, 5.41) is 0.575. The van der Waals surface area contributed by atoms with Gasteiger partial charge in [0.15, 0.2) is 5.13 Å². The number of hydrogen-bond donors (Lipinski definition) is 0. The van der Waals surface area contributed by atoms with Gasteiger partial charge in [0.1, 0.15) is 4.88 Å². The monoisotopic (exact) mass is 372 g/mol. The minimum Gasteiger partial charge on any atom is -0.462 e. The zero-order chi connectivity index (χ0) is 18.5. The zero-order valence-electron chi connectivity index (χ0n) is 15.2. The number of thiazole rings is 1. The van der Waals surface area contributed by atoms with Gasteiger partial charge in [-0.25, -0.2) is 9.78 Å². The molecule has 1 fully saturated rings. The van der Waals surface area contributed by atoms with Gasteiger partial charge in [0.05, 0.1) is 18.8 Å². The van der Waals surface area contributed by atoms with E-state index in [1.807, 2.05) is 30.3 Å². The molecule has 1 aromatic heterocycles. The highest BCUT2D eigenvalue weighted by atomic mass is 32.1. The molecule has 5 nitrogen and oxygen atoms in total. The molecule has 1 aromatic carbocycles. The van der Waals surface area contributed by atoms with Crippen molar-refractivity contribution in [2.24, 2.45) is 5.92 Å². The third kappa shape index (κ3) is 4.12. The first-order valence-corrected chi connectivity index (χ1v) is 9.91. The van der Waals surface area contributed by atoms with Gasteiger partial charge in [-0.15, -0.1) is 0 Å². The highest BCUT2D eigenvalue weighted by molar-refractivity contribution is 7.17. The molecule has 1 amide bonds. The van der Waals surface area contributed by atoms with Crippen molar-refractivity contribution in [1.82, 2.24) is 4.98 Å². The van der Waals surface area contributed by atoms with Crippen LogP contribution in [0.4, 0.5) is 5.13 Å². The molecule has 0 spiro atoms. The number of ether oxygens (including phenoxy) is 1. The minimum absolute atomic E-state index is 0.0500. The molecule has 138 valence electrons. The fourth-order valence-electron chi connectivity index (χ4n) is 3.28. The second-order valence-electron chi connectivity index (χ2n) is 6.52. The van der Waals surface area contributed by atoms with E-state index in [1.54, 1.807) is 18.7 Å². The maximum absolute atomic E-state index is 13.1. The number of amides is 1. The van der Waals surface area contributed by atoms with Crippen LogP contribution in [0.25, 0.3) is 0 Å². The summed E-state index contributed by atoms with van der Waals surface area (Å²) < 4.78 is 5.11. The van der Waals surface area contributed by atoms with Crippen molar-refractivity contribution >= 4 is 28.3 Å². The molecule has 0 radical (unpaired) electrons. The second kappa shape index (κ2) is 8.45. The molecule has 0 N–H and O–H groups in total. The van der Waals surface area contributed by atoms with Crippen LogP contribution >= 0.6 is 11.3 Å². The number of benzene rings is 1. The summed E-state index contributed by atoms with van der Waals surface area (Å²) in [5.41, 5.74) is 1.66. The number of hydrogen-bond acceptors (Lipinski definition) is 5. The molecule has 0 saturated heterocycles. The molecular weight excluding hydrogens is 348 g/mol. The summed E-state index contributed by atoms with van der Waals surface area (Å²) in [4.78, 5) is 32.0. The van der Waals surface area contributed by atoms with E-state index >= 15 is 0 Å². The van der Waals surface area contributed by atoms with Crippen molar-refractivity contribution in [2.75, 3.05) is 11.5 Å². The van der Waals surface area contributed by atoms with Crippen molar-refractivity contribution in [1.29, 1.82) is 0 Å². The highest BCUT2D eigenvalue weighted by Crippen LogP contribution is 2.33. The van der Waals surface area contributed by atoms with Gasteiger partial charge in [0, 0.05) is 5.92 Å². The number of esters is 1. The maximum Gasteiger partial charge on any atom is 0.350 e. The van der Waals surface area contributed by atoms with Gasteiger partial charge in [0.25, 0.3) is 0 Å². The van der Waals surface area contributed by atoms with E-state index < -0.39 is 0 Å². The van der Waals surface area contributed by atoms with E-state index in [0.717, 1.165) is 31.2 Å². The van der Waals surface area contributed by atoms with Gasteiger partial charge < -0.3 is 4.74 Å². The quantitative estimate of drug-likeness (QED) is 0.707. The Bertz CT molecular complexity index is 767. The normalized spacial score (nSPS) is 14.4. The van der Waals surface area contributed by atoms with Crippen LogP contribution < -0.4 is 4.90 Å². The lowest BCUT2D eigenvalue weighted by atomic mass is 10.1. The first-order chi connectivity index (χ1) is 12.6. The summed E-state index contributed by atoms with van der Waals surface area (Å²) in [7, 11) is 0. The van der Waals surface area contributed by atoms with E-state index in [1.165, 1.54) is 11.3 Å². The Balaban J connectivity index is 1.91. The molecular formula is C20H24N2O3S. The number of carbonyl (C=O) groups is 2. The first kappa shape index (κ1) is 18.6. The Morgan fingerprint density at radius 3 is 2.58 bits per heavy atom. The minimum atomic E-state index is -0.373. The average molecular weight is 372 g/mol. The summed E-state index contributed by atoms with van der Waals surface area (Å²) in [6, 6.07) is 9.89. The third-order valence-corrected chi connectivity index (χ3v) is 5.79. The van der Waals surface area contributed by atoms with Gasteiger partial charge >= 0.3 is 5.97 Å². The van der Waals surface area contributed by atoms with Crippen LogP contribution in [-0.2, 0) is 16.1 Å². The van der Waals surface area contributed by atoms with Crippen LogP contribution in [0.15, 0.2) is 30.3 Å². The van der Waals surface area contributed by atoms with E-state index in [2.05, 4.69) is 4.98 Å². The molecule has 3 rings (SSSR count). The SMILES string of the molecule is CCOC(=O)c1sc(N(Cc2ccccc2)C(=O)C2CCCC2)nc1C. The lowest BCUT2D eigenvalue weighted by molar-refractivity contribution is -0.122. The van der Waals surface area contributed by atoms with Crippen LogP contribution in [-0.4, -0.2) is 23.5 Å². The fraction of sp³-hybridized carbons (Fsp3) is 0.450.